The number of carbonyl (C=O) groups excluding carboxylic acids is 2. The molecule has 0 aromatic carbocycles. The number of allylic oxidation sites excluding steroid dienone is 1. The molecule has 0 radical (unpaired) electrons. The van der Waals surface area contributed by atoms with Crippen LogP contribution in [0.25, 0.3) is 0 Å². The standard InChI is InChI=1S/C15H22O4/c1-3-18-13(16)15(14(17)19-4-2)10-12(15)11-8-6-5-7-9-11/h3-10H2,1-2H3. The third-order valence-corrected chi connectivity index (χ3v) is 3.96. The van der Waals surface area contributed by atoms with Crippen molar-refractivity contribution in [1.29, 1.82) is 0 Å². The number of hydrogen-bond acceptors (Lipinski definition) is 4. The lowest BCUT2D eigenvalue weighted by molar-refractivity contribution is -0.163. The maximum Gasteiger partial charge on any atom is 0.328 e. The number of ether oxygens (including phenoxy) is 2. The van der Waals surface area contributed by atoms with E-state index in [1.165, 1.54) is 12.0 Å². The van der Waals surface area contributed by atoms with Crippen LogP contribution in [0.1, 0.15) is 52.4 Å². The summed E-state index contributed by atoms with van der Waals surface area (Å²) in [5, 5.41) is 0. The summed E-state index contributed by atoms with van der Waals surface area (Å²) in [4.78, 5) is 24.3. The molecule has 4 heteroatoms. The summed E-state index contributed by atoms with van der Waals surface area (Å²) in [5.74, 6) is -0.858. The molecule has 106 valence electrons. The van der Waals surface area contributed by atoms with Gasteiger partial charge in [0.2, 0.25) is 0 Å². The van der Waals surface area contributed by atoms with Gasteiger partial charge in [0.15, 0.2) is 5.41 Å². The second kappa shape index (κ2) is 5.76. The van der Waals surface area contributed by atoms with E-state index in [-0.39, 0.29) is 0 Å². The highest BCUT2D eigenvalue weighted by Gasteiger charge is 2.65. The molecule has 2 rings (SSSR count). The van der Waals surface area contributed by atoms with Crippen molar-refractivity contribution >= 4 is 11.9 Å². The summed E-state index contributed by atoms with van der Waals surface area (Å²) in [5.41, 5.74) is 1.16. The Kier molecular flexibility index (Phi) is 4.27. The molecule has 2 fully saturated rings. The van der Waals surface area contributed by atoms with E-state index in [1.54, 1.807) is 13.8 Å². The van der Waals surface area contributed by atoms with Crippen molar-refractivity contribution in [3.63, 3.8) is 0 Å². The Morgan fingerprint density at radius 3 is 2.00 bits per heavy atom. The number of rotatable bonds is 4. The van der Waals surface area contributed by atoms with Crippen molar-refractivity contribution in [2.24, 2.45) is 5.41 Å². The molecule has 0 unspecified atom stereocenters. The van der Waals surface area contributed by atoms with Crippen LogP contribution in [0.5, 0.6) is 0 Å². The van der Waals surface area contributed by atoms with Gasteiger partial charge in [0.1, 0.15) is 0 Å². The first-order valence-electron chi connectivity index (χ1n) is 7.22. The highest BCUT2D eigenvalue weighted by atomic mass is 16.6. The quantitative estimate of drug-likeness (QED) is 0.446. The number of hydrogen-bond donors (Lipinski definition) is 0. The monoisotopic (exact) mass is 266 g/mol. The Morgan fingerprint density at radius 1 is 1.00 bits per heavy atom. The molecule has 19 heavy (non-hydrogen) atoms. The van der Waals surface area contributed by atoms with Crippen LogP contribution in [0.4, 0.5) is 0 Å². The van der Waals surface area contributed by atoms with Gasteiger partial charge in [-0.15, -0.1) is 0 Å². The molecule has 2 aliphatic carbocycles. The van der Waals surface area contributed by atoms with E-state index in [9.17, 15) is 9.59 Å². The van der Waals surface area contributed by atoms with E-state index in [1.807, 2.05) is 0 Å². The minimum Gasteiger partial charge on any atom is -0.465 e. The lowest BCUT2D eigenvalue weighted by Gasteiger charge is -2.16. The largest absolute Gasteiger partial charge is 0.465 e. The number of esters is 2. The molecule has 0 spiro atoms. The Labute approximate surface area is 114 Å². The molecule has 0 amide bonds. The van der Waals surface area contributed by atoms with Crippen molar-refractivity contribution in [3.05, 3.63) is 11.1 Å². The fourth-order valence-corrected chi connectivity index (χ4v) is 2.91. The van der Waals surface area contributed by atoms with Gasteiger partial charge in [0.05, 0.1) is 13.2 Å². The molecule has 0 aromatic heterocycles. The van der Waals surface area contributed by atoms with Crippen LogP contribution in [-0.2, 0) is 19.1 Å². The summed E-state index contributed by atoms with van der Waals surface area (Å²) in [6.07, 6.45) is 6.06. The molecule has 0 bridgehead atoms. The molecule has 0 heterocycles. The summed E-state index contributed by atoms with van der Waals surface area (Å²) < 4.78 is 10.2. The summed E-state index contributed by atoms with van der Waals surface area (Å²) in [6, 6.07) is 0. The van der Waals surface area contributed by atoms with Crippen LogP contribution in [0.15, 0.2) is 11.1 Å². The van der Waals surface area contributed by atoms with Crippen molar-refractivity contribution in [1.82, 2.24) is 0 Å². The van der Waals surface area contributed by atoms with Gasteiger partial charge >= 0.3 is 11.9 Å². The fourth-order valence-electron chi connectivity index (χ4n) is 2.91. The van der Waals surface area contributed by atoms with Gasteiger partial charge < -0.3 is 9.47 Å². The number of carbonyl (C=O) groups is 2. The van der Waals surface area contributed by atoms with E-state index in [2.05, 4.69) is 0 Å². The van der Waals surface area contributed by atoms with E-state index >= 15 is 0 Å². The van der Waals surface area contributed by atoms with Gasteiger partial charge in [-0.25, -0.2) is 0 Å². The van der Waals surface area contributed by atoms with Crippen molar-refractivity contribution in [2.45, 2.75) is 52.4 Å². The molecular weight excluding hydrogens is 244 g/mol. The Balaban J connectivity index is 2.23. The van der Waals surface area contributed by atoms with Gasteiger partial charge in [0, 0.05) is 6.42 Å². The van der Waals surface area contributed by atoms with Crippen LogP contribution in [0.2, 0.25) is 0 Å². The molecule has 4 nitrogen and oxygen atoms in total. The van der Waals surface area contributed by atoms with Gasteiger partial charge in [0.25, 0.3) is 0 Å². The van der Waals surface area contributed by atoms with Crippen LogP contribution < -0.4 is 0 Å². The van der Waals surface area contributed by atoms with Gasteiger partial charge in [-0.1, -0.05) is 12.0 Å². The zero-order valence-electron chi connectivity index (χ0n) is 11.8. The highest BCUT2D eigenvalue weighted by Crippen LogP contribution is 2.57. The molecule has 0 aromatic rings. The Bertz CT molecular complexity index is 382. The minimum absolute atomic E-state index is 0.294. The molecule has 0 atom stereocenters. The van der Waals surface area contributed by atoms with Gasteiger partial charge in [-0.05, 0) is 45.1 Å². The summed E-state index contributed by atoms with van der Waals surface area (Å²) in [6.45, 7) is 4.10. The van der Waals surface area contributed by atoms with E-state index < -0.39 is 17.4 Å². The van der Waals surface area contributed by atoms with Gasteiger partial charge in [-0.2, -0.15) is 0 Å². The molecule has 2 saturated carbocycles. The van der Waals surface area contributed by atoms with Crippen molar-refractivity contribution < 1.29 is 19.1 Å². The van der Waals surface area contributed by atoms with Crippen LogP contribution in [-0.4, -0.2) is 25.2 Å². The third-order valence-electron chi connectivity index (χ3n) is 3.96. The predicted octanol–water partition coefficient (Wildman–Crippen LogP) is 2.76. The topological polar surface area (TPSA) is 52.6 Å². The van der Waals surface area contributed by atoms with Crippen molar-refractivity contribution in [2.75, 3.05) is 13.2 Å². The zero-order valence-corrected chi connectivity index (χ0v) is 11.8. The predicted molar refractivity (Wildman–Crippen MR) is 70.4 cm³/mol. The molecule has 0 saturated heterocycles. The van der Waals surface area contributed by atoms with Gasteiger partial charge in [-0.3, -0.25) is 9.59 Å². The molecule has 2 aliphatic rings. The smallest absolute Gasteiger partial charge is 0.328 e. The van der Waals surface area contributed by atoms with Crippen molar-refractivity contribution in [3.8, 4) is 0 Å². The highest BCUT2D eigenvalue weighted by molar-refractivity contribution is 6.09. The molecule has 0 N–H and O–H groups in total. The second-order valence-corrected chi connectivity index (χ2v) is 5.17. The maximum absolute atomic E-state index is 12.1. The Morgan fingerprint density at radius 2 is 1.53 bits per heavy atom. The lowest BCUT2D eigenvalue weighted by Crippen LogP contribution is -2.30. The first kappa shape index (κ1) is 14.1. The molecule has 0 aliphatic heterocycles. The van der Waals surface area contributed by atoms with E-state index in [0.717, 1.165) is 31.3 Å². The summed E-state index contributed by atoms with van der Waals surface area (Å²) >= 11 is 0. The second-order valence-electron chi connectivity index (χ2n) is 5.17. The van der Waals surface area contributed by atoms with Crippen LogP contribution in [0, 0.1) is 5.41 Å². The van der Waals surface area contributed by atoms with E-state index in [4.69, 9.17) is 9.47 Å². The summed E-state index contributed by atoms with van der Waals surface area (Å²) in [7, 11) is 0. The molecular formula is C15H22O4. The zero-order chi connectivity index (χ0) is 13.9. The minimum atomic E-state index is -1.10. The normalized spacial score (nSPS) is 20.9. The fraction of sp³-hybridized carbons (Fsp3) is 0.733. The Hall–Kier alpha value is -1.32. The van der Waals surface area contributed by atoms with Crippen LogP contribution >= 0.6 is 0 Å². The van der Waals surface area contributed by atoms with E-state index in [0.29, 0.717) is 19.6 Å². The lowest BCUT2D eigenvalue weighted by atomic mass is 9.92. The SMILES string of the molecule is CCOC(=O)C1(C(=O)OCC)CC1=C1CCCCC1. The average Bonchev–Trinajstić information content (AvgIpc) is 3.17. The third kappa shape index (κ3) is 2.53. The van der Waals surface area contributed by atoms with Crippen LogP contribution in [0.3, 0.4) is 0 Å². The first-order chi connectivity index (χ1) is 9.16. The first-order valence-corrected chi connectivity index (χ1v) is 7.22. The average molecular weight is 266 g/mol. The maximum atomic E-state index is 12.1.